The van der Waals surface area contributed by atoms with E-state index in [-0.39, 0.29) is 5.57 Å². The first kappa shape index (κ1) is 13.3. The number of hydrogen-bond acceptors (Lipinski definition) is 3. The SMILES string of the molecule is C=C(C(=O)O)c1ccc(OC)c(CN(C)C)c1. The van der Waals surface area contributed by atoms with Crippen molar-refractivity contribution in [2.24, 2.45) is 0 Å². The van der Waals surface area contributed by atoms with Gasteiger partial charge in [0.05, 0.1) is 12.7 Å². The molecule has 0 radical (unpaired) electrons. The highest BCUT2D eigenvalue weighted by atomic mass is 16.5. The molecule has 17 heavy (non-hydrogen) atoms. The predicted octanol–water partition coefficient (Wildman–Crippen LogP) is 1.85. The minimum absolute atomic E-state index is 0.0904. The van der Waals surface area contributed by atoms with Crippen molar-refractivity contribution in [2.75, 3.05) is 21.2 Å². The van der Waals surface area contributed by atoms with E-state index < -0.39 is 5.97 Å². The van der Waals surface area contributed by atoms with Crippen LogP contribution in [-0.4, -0.2) is 37.2 Å². The van der Waals surface area contributed by atoms with Crippen LogP contribution in [0.2, 0.25) is 0 Å². The van der Waals surface area contributed by atoms with Crippen LogP contribution in [0.3, 0.4) is 0 Å². The van der Waals surface area contributed by atoms with Crippen LogP contribution in [0.15, 0.2) is 24.8 Å². The summed E-state index contributed by atoms with van der Waals surface area (Å²) >= 11 is 0. The zero-order valence-corrected chi connectivity index (χ0v) is 10.4. The summed E-state index contributed by atoms with van der Waals surface area (Å²) in [4.78, 5) is 12.8. The van der Waals surface area contributed by atoms with E-state index in [1.807, 2.05) is 19.0 Å². The number of nitrogens with zero attached hydrogens (tertiary/aromatic N) is 1. The molecule has 0 aliphatic carbocycles. The zero-order chi connectivity index (χ0) is 13.0. The smallest absolute Gasteiger partial charge is 0.335 e. The summed E-state index contributed by atoms with van der Waals surface area (Å²) in [5.74, 6) is -0.258. The Balaban J connectivity index is 3.12. The molecule has 0 aliphatic heterocycles. The van der Waals surface area contributed by atoms with E-state index in [2.05, 4.69) is 6.58 Å². The topological polar surface area (TPSA) is 49.8 Å². The van der Waals surface area contributed by atoms with Crippen molar-refractivity contribution in [3.8, 4) is 5.75 Å². The maximum absolute atomic E-state index is 10.8. The van der Waals surface area contributed by atoms with E-state index in [0.29, 0.717) is 12.1 Å². The minimum Gasteiger partial charge on any atom is -0.496 e. The second-order valence-corrected chi connectivity index (χ2v) is 4.05. The number of hydrogen-bond donors (Lipinski definition) is 1. The van der Waals surface area contributed by atoms with Gasteiger partial charge in [0.2, 0.25) is 0 Å². The fourth-order valence-electron chi connectivity index (χ4n) is 1.55. The van der Waals surface area contributed by atoms with Crippen LogP contribution in [0.1, 0.15) is 11.1 Å². The lowest BCUT2D eigenvalue weighted by Gasteiger charge is -2.14. The molecule has 0 saturated carbocycles. The number of ether oxygens (including phenoxy) is 1. The lowest BCUT2D eigenvalue weighted by Crippen LogP contribution is -2.12. The van der Waals surface area contributed by atoms with Crippen LogP contribution in [0.25, 0.3) is 5.57 Å². The van der Waals surface area contributed by atoms with Crippen LogP contribution < -0.4 is 4.74 Å². The zero-order valence-electron chi connectivity index (χ0n) is 10.4. The third-order valence-corrected chi connectivity index (χ3v) is 2.37. The molecule has 0 spiro atoms. The van der Waals surface area contributed by atoms with Crippen LogP contribution in [0, 0.1) is 0 Å². The number of carboxylic acid groups (broad SMARTS) is 1. The molecule has 1 aromatic carbocycles. The monoisotopic (exact) mass is 235 g/mol. The average molecular weight is 235 g/mol. The molecule has 4 nitrogen and oxygen atoms in total. The highest BCUT2D eigenvalue weighted by molar-refractivity contribution is 6.14. The molecule has 0 fully saturated rings. The third kappa shape index (κ3) is 3.32. The number of benzene rings is 1. The molecule has 1 aromatic rings. The normalized spacial score (nSPS) is 10.4. The lowest BCUT2D eigenvalue weighted by atomic mass is 10.0. The standard InChI is InChI=1S/C13H17NO3/c1-9(13(15)16)10-5-6-12(17-4)11(7-10)8-14(2)3/h5-7H,1,8H2,2-4H3,(H,15,16). The fourth-order valence-corrected chi connectivity index (χ4v) is 1.55. The van der Waals surface area contributed by atoms with Gasteiger partial charge in [-0.3, -0.25) is 0 Å². The first-order chi connectivity index (χ1) is 7.95. The summed E-state index contributed by atoms with van der Waals surface area (Å²) in [7, 11) is 5.48. The summed E-state index contributed by atoms with van der Waals surface area (Å²) in [5.41, 5.74) is 1.64. The first-order valence-electron chi connectivity index (χ1n) is 5.20. The van der Waals surface area contributed by atoms with Crippen molar-refractivity contribution in [1.82, 2.24) is 4.90 Å². The van der Waals surface area contributed by atoms with Gasteiger partial charge in [0.15, 0.2) is 0 Å². The molecule has 0 atom stereocenters. The van der Waals surface area contributed by atoms with Gasteiger partial charge in [-0.1, -0.05) is 12.6 Å². The molecule has 0 aliphatic rings. The molecule has 0 amide bonds. The van der Waals surface area contributed by atoms with Gasteiger partial charge in [0, 0.05) is 12.1 Å². The van der Waals surface area contributed by atoms with Crippen molar-refractivity contribution in [2.45, 2.75) is 6.54 Å². The van der Waals surface area contributed by atoms with E-state index in [1.54, 1.807) is 25.3 Å². The highest BCUT2D eigenvalue weighted by Gasteiger charge is 2.11. The molecular formula is C13H17NO3. The quantitative estimate of drug-likeness (QED) is 0.791. The van der Waals surface area contributed by atoms with Crippen LogP contribution >= 0.6 is 0 Å². The van der Waals surface area contributed by atoms with Gasteiger partial charge in [-0.2, -0.15) is 0 Å². The summed E-state index contributed by atoms with van der Waals surface area (Å²) in [6.07, 6.45) is 0. The maximum Gasteiger partial charge on any atom is 0.335 e. The predicted molar refractivity (Wildman–Crippen MR) is 67.1 cm³/mol. The Labute approximate surface area is 101 Å². The van der Waals surface area contributed by atoms with E-state index in [0.717, 1.165) is 11.3 Å². The molecular weight excluding hydrogens is 218 g/mol. The summed E-state index contributed by atoms with van der Waals surface area (Å²) in [6.45, 7) is 4.23. The van der Waals surface area contributed by atoms with Gasteiger partial charge < -0.3 is 14.7 Å². The third-order valence-electron chi connectivity index (χ3n) is 2.37. The van der Waals surface area contributed by atoms with Crippen molar-refractivity contribution in [3.63, 3.8) is 0 Å². The Morgan fingerprint density at radius 1 is 1.47 bits per heavy atom. The van der Waals surface area contributed by atoms with Gasteiger partial charge >= 0.3 is 5.97 Å². The Morgan fingerprint density at radius 2 is 2.12 bits per heavy atom. The first-order valence-corrected chi connectivity index (χ1v) is 5.20. The number of rotatable bonds is 5. The molecule has 0 saturated heterocycles. The van der Waals surface area contributed by atoms with Gasteiger partial charge in [0.25, 0.3) is 0 Å². The van der Waals surface area contributed by atoms with E-state index in [4.69, 9.17) is 9.84 Å². The number of carboxylic acids is 1. The Bertz CT molecular complexity index is 438. The van der Waals surface area contributed by atoms with Crippen molar-refractivity contribution in [1.29, 1.82) is 0 Å². The number of carbonyl (C=O) groups is 1. The molecule has 1 N–H and O–H groups in total. The van der Waals surface area contributed by atoms with Gasteiger partial charge in [0.1, 0.15) is 5.75 Å². The lowest BCUT2D eigenvalue weighted by molar-refractivity contribution is -0.130. The van der Waals surface area contributed by atoms with Gasteiger partial charge in [-0.15, -0.1) is 0 Å². The summed E-state index contributed by atoms with van der Waals surface area (Å²) in [6, 6.07) is 5.27. The molecule has 0 aromatic heterocycles. The molecule has 0 unspecified atom stereocenters. The summed E-state index contributed by atoms with van der Waals surface area (Å²) < 4.78 is 5.24. The Hall–Kier alpha value is -1.81. The highest BCUT2D eigenvalue weighted by Crippen LogP contribution is 2.24. The second kappa shape index (κ2) is 5.50. The molecule has 0 heterocycles. The van der Waals surface area contributed by atoms with E-state index >= 15 is 0 Å². The molecule has 92 valence electrons. The van der Waals surface area contributed by atoms with Crippen molar-refractivity contribution >= 4 is 11.5 Å². The maximum atomic E-state index is 10.8. The number of methoxy groups -OCH3 is 1. The van der Waals surface area contributed by atoms with Crippen LogP contribution in [0.4, 0.5) is 0 Å². The average Bonchev–Trinajstić information content (AvgIpc) is 2.27. The van der Waals surface area contributed by atoms with Crippen LogP contribution in [0.5, 0.6) is 5.75 Å². The summed E-state index contributed by atoms with van der Waals surface area (Å²) in [5, 5.41) is 8.89. The van der Waals surface area contributed by atoms with Crippen molar-refractivity contribution < 1.29 is 14.6 Å². The molecule has 0 bridgehead atoms. The fraction of sp³-hybridized carbons (Fsp3) is 0.308. The number of aliphatic carboxylic acids is 1. The molecule has 4 heteroatoms. The Morgan fingerprint density at radius 3 is 2.59 bits per heavy atom. The van der Waals surface area contributed by atoms with E-state index in [9.17, 15) is 4.79 Å². The van der Waals surface area contributed by atoms with Crippen LogP contribution in [-0.2, 0) is 11.3 Å². The molecule has 1 rings (SSSR count). The minimum atomic E-state index is -1.01. The van der Waals surface area contributed by atoms with E-state index in [1.165, 1.54) is 0 Å². The van der Waals surface area contributed by atoms with Gasteiger partial charge in [-0.25, -0.2) is 4.79 Å². The van der Waals surface area contributed by atoms with Crippen molar-refractivity contribution in [3.05, 3.63) is 35.9 Å². The largest absolute Gasteiger partial charge is 0.496 e. The Kier molecular flexibility index (Phi) is 4.29. The van der Waals surface area contributed by atoms with Gasteiger partial charge in [-0.05, 0) is 31.8 Å². The second-order valence-electron chi connectivity index (χ2n) is 4.05.